The predicted molar refractivity (Wildman–Crippen MR) is 181 cm³/mol. The number of benzene rings is 3. The van der Waals surface area contributed by atoms with E-state index in [9.17, 15) is 17.7 Å². The Balaban J connectivity index is 0.977. The molecule has 48 heavy (non-hydrogen) atoms. The Hall–Kier alpha value is -3.98. The molecule has 252 valence electrons. The molecule has 3 aromatic rings. The van der Waals surface area contributed by atoms with E-state index in [0.29, 0.717) is 36.7 Å². The van der Waals surface area contributed by atoms with Crippen molar-refractivity contribution in [2.45, 2.75) is 57.4 Å². The summed E-state index contributed by atoms with van der Waals surface area (Å²) in [7, 11) is -1.70. The summed E-state index contributed by atoms with van der Waals surface area (Å²) in [6, 6.07) is 22.0. The quantitative estimate of drug-likeness (QED) is 0.185. The van der Waals surface area contributed by atoms with E-state index < -0.39 is 14.4 Å². The number of fused-ring (bicyclic) bond motifs is 1. The minimum Gasteiger partial charge on any atom is -0.489 e. The molecule has 11 heteroatoms. The number of hydrogen-bond acceptors (Lipinski definition) is 7. The highest BCUT2D eigenvalue weighted by Gasteiger charge is 2.32. The van der Waals surface area contributed by atoms with E-state index in [2.05, 4.69) is 45.3 Å². The number of amidine groups is 1. The first-order chi connectivity index (χ1) is 23.2. The first-order valence-corrected chi connectivity index (χ1v) is 17.7. The van der Waals surface area contributed by atoms with Crippen LogP contribution in [0.5, 0.6) is 11.5 Å². The molecule has 1 aliphatic carbocycles. The Labute approximate surface area is 280 Å². The maximum Gasteiger partial charge on any atom is 0.573 e. The molecule has 0 amide bonds. The second kappa shape index (κ2) is 15.5. The molecule has 3 aliphatic rings. The lowest BCUT2D eigenvalue weighted by Gasteiger charge is -2.33. The van der Waals surface area contributed by atoms with Gasteiger partial charge >= 0.3 is 14.4 Å². The van der Waals surface area contributed by atoms with Gasteiger partial charge in [0.05, 0.1) is 18.7 Å². The highest BCUT2D eigenvalue weighted by molar-refractivity contribution is 7.38. The molecule has 0 bridgehead atoms. The molecule has 3 atom stereocenters. The monoisotopic (exact) mass is 678 g/mol. The van der Waals surface area contributed by atoms with E-state index in [1.807, 2.05) is 43.3 Å². The maximum atomic E-state index is 12.7. The van der Waals surface area contributed by atoms with Gasteiger partial charge in [-0.15, -0.1) is 17.7 Å². The van der Waals surface area contributed by atoms with Crippen molar-refractivity contribution in [3.63, 3.8) is 0 Å². The Morgan fingerprint density at radius 1 is 1.00 bits per heavy atom. The summed E-state index contributed by atoms with van der Waals surface area (Å²) in [5.41, 5.74) is 5.00. The number of halogens is 3. The van der Waals surface area contributed by atoms with Crippen LogP contribution < -0.4 is 14.8 Å². The van der Waals surface area contributed by atoms with Gasteiger partial charge in [0.2, 0.25) is 6.16 Å². The summed E-state index contributed by atoms with van der Waals surface area (Å²) in [5.74, 6) is 1.77. The molecule has 3 unspecified atom stereocenters. The van der Waals surface area contributed by atoms with E-state index in [4.69, 9.17) is 14.3 Å². The van der Waals surface area contributed by atoms with Gasteiger partial charge in [-0.1, -0.05) is 66.8 Å². The van der Waals surface area contributed by atoms with Crippen LogP contribution in [0.3, 0.4) is 0 Å². The third kappa shape index (κ3) is 9.34. The molecule has 0 radical (unpaired) electrons. The number of nitrogens with zero attached hydrogens (tertiary/aromatic N) is 2. The van der Waals surface area contributed by atoms with Crippen molar-refractivity contribution in [3.8, 4) is 11.5 Å². The Kier molecular flexibility index (Phi) is 10.9. The van der Waals surface area contributed by atoms with Crippen molar-refractivity contribution >= 4 is 13.9 Å². The fourth-order valence-electron chi connectivity index (χ4n) is 6.47. The van der Waals surface area contributed by atoms with Crippen molar-refractivity contribution in [2.24, 2.45) is 10.9 Å². The summed E-state index contributed by atoms with van der Waals surface area (Å²) in [6.45, 7) is 5.58. The van der Waals surface area contributed by atoms with Crippen LogP contribution in [-0.4, -0.2) is 55.4 Å². The number of para-hydroxylation sites is 1. The van der Waals surface area contributed by atoms with Gasteiger partial charge in [-0.2, -0.15) is 0 Å². The summed E-state index contributed by atoms with van der Waals surface area (Å²) in [4.78, 5) is 7.19. The summed E-state index contributed by atoms with van der Waals surface area (Å²) >= 11 is 0. The van der Waals surface area contributed by atoms with Gasteiger partial charge in [0.1, 0.15) is 23.9 Å². The fourth-order valence-corrected chi connectivity index (χ4v) is 7.35. The number of piperidine rings is 1. The minimum atomic E-state index is -4.74. The SMILES string of the molecule is CCO[P+](=O)Cc1cccc(COc2ccccc2CC2CCN(CC3=CC4NC(c5cccc(OC(F)(F)F)c5)=NC4C=C3)CC2)c1. The molecule has 0 aromatic heterocycles. The Morgan fingerprint density at radius 3 is 2.60 bits per heavy atom. The second-order valence-electron chi connectivity index (χ2n) is 12.4. The topological polar surface area (TPSA) is 72.4 Å². The van der Waals surface area contributed by atoms with Crippen LogP contribution in [0.1, 0.15) is 42.0 Å². The highest BCUT2D eigenvalue weighted by Crippen LogP contribution is 2.31. The summed E-state index contributed by atoms with van der Waals surface area (Å²) in [5, 5.41) is 3.38. The number of hydrogen-bond donors (Lipinski definition) is 1. The number of ether oxygens (including phenoxy) is 2. The number of rotatable bonds is 13. The molecule has 3 aromatic carbocycles. The van der Waals surface area contributed by atoms with Crippen molar-refractivity contribution < 1.29 is 31.7 Å². The van der Waals surface area contributed by atoms with Gasteiger partial charge < -0.3 is 14.8 Å². The lowest BCUT2D eigenvalue weighted by Crippen LogP contribution is -2.38. The van der Waals surface area contributed by atoms with Crippen LogP contribution in [0.15, 0.2) is 102 Å². The molecule has 0 spiro atoms. The molecule has 1 fully saturated rings. The van der Waals surface area contributed by atoms with E-state index in [-0.39, 0.29) is 17.8 Å². The first kappa shape index (κ1) is 33.9. The second-order valence-corrected chi connectivity index (χ2v) is 13.6. The van der Waals surface area contributed by atoms with E-state index in [1.165, 1.54) is 29.3 Å². The molecule has 2 aliphatic heterocycles. The number of aliphatic imine (C=N–C) groups is 1. The highest BCUT2D eigenvalue weighted by atomic mass is 31.1. The standard InChI is InChI=1S/C37H40F3N3O4P/c1-2-46-48(44)25-29-8-5-7-28(19-29)24-45-35-12-4-3-9-30(35)20-26-15-17-43(18-16-26)23-27-13-14-33-34(21-27)42-36(41-33)31-10-6-11-32(22-31)47-37(38,39)40/h3-14,19,21-22,26,33-34H,2,15-18,20,23-25H2,1H3,(H,41,42)/q+1. The molecular weight excluding hydrogens is 638 g/mol. The van der Waals surface area contributed by atoms with E-state index in [1.54, 1.807) is 6.07 Å². The normalized spacial score (nSPS) is 20.0. The van der Waals surface area contributed by atoms with E-state index >= 15 is 0 Å². The lowest BCUT2D eigenvalue weighted by atomic mass is 9.89. The van der Waals surface area contributed by atoms with Gasteiger partial charge in [-0.25, -0.2) is 0 Å². The van der Waals surface area contributed by atoms with Crippen molar-refractivity contribution in [1.29, 1.82) is 0 Å². The average Bonchev–Trinajstić information content (AvgIpc) is 3.49. The van der Waals surface area contributed by atoms with Gasteiger partial charge in [-0.05, 0) is 90.7 Å². The van der Waals surface area contributed by atoms with Crippen LogP contribution in [0.2, 0.25) is 0 Å². The lowest BCUT2D eigenvalue weighted by molar-refractivity contribution is -0.274. The molecule has 1 N–H and O–H groups in total. The largest absolute Gasteiger partial charge is 0.573 e. The van der Waals surface area contributed by atoms with E-state index in [0.717, 1.165) is 55.8 Å². The predicted octanol–water partition coefficient (Wildman–Crippen LogP) is 7.98. The van der Waals surface area contributed by atoms with Gasteiger partial charge in [0.15, 0.2) is 0 Å². The van der Waals surface area contributed by atoms with Gasteiger partial charge in [0, 0.05) is 17.7 Å². The first-order valence-electron chi connectivity index (χ1n) is 16.4. The summed E-state index contributed by atoms with van der Waals surface area (Å²) < 4.78 is 65.7. The van der Waals surface area contributed by atoms with Crippen LogP contribution in [0.4, 0.5) is 13.2 Å². The third-order valence-corrected chi connectivity index (χ3v) is 9.93. The Bertz CT molecular complexity index is 1680. The Morgan fingerprint density at radius 2 is 1.79 bits per heavy atom. The van der Waals surface area contributed by atoms with Crippen LogP contribution in [0.25, 0.3) is 0 Å². The smallest absolute Gasteiger partial charge is 0.489 e. The zero-order valence-electron chi connectivity index (χ0n) is 26.9. The summed E-state index contributed by atoms with van der Waals surface area (Å²) in [6.07, 6.45) is 5.18. The third-order valence-electron chi connectivity index (χ3n) is 8.76. The average molecular weight is 679 g/mol. The molecule has 6 rings (SSSR count). The zero-order chi connectivity index (χ0) is 33.5. The number of likely N-dealkylation sites (tertiary alicyclic amines) is 1. The molecule has 0 saturated carbocycles. The van der Waals surface area contributed by atoms with Crippen LogP contribution in [0, 0.1) is 5.92 Å². The molecular formula is C37H40F3N3O4P+. The van der Waals surface area contributed by atoms with Crippen molar-refractivity contribution in [3.05, 3.63) is 119 Å². The fraction of sp³-hybridized carbons (Fsp3) is 0.378. The van der Waals surface area contributed by atoms with Gasteiger partial charge in [0.25, 0.3) is 0 Å². The minimum absolute atomic E-state index is 0.0387. The molecule has 1 saturated heterocycles. The van der Waals surface area contributed by atoms with Crippen molar-refractivity contribution in [1.82, 2.24) is 10.2 Å². The number of nitrogens with one attached hydrogen (secondary N) is 1. The van der Waals surface area contributed by atoms with Crippen LogP contribution >= 0.6 is 8.03 Å². The van der Waals surface area contributed by atoms with Crippen molar-refractivity contribution in [2.75, 3.05) is 26.2 Å². The maximum absolute atomic E-state index is 12.7. The molecule has 2 heterocycles. The molecule has 7 nitrogen and oxygen atoms in total. The number of alkyl halides is 3. The van der Waals surface area contributed by atoms with Crippen LogP contribution in [-0.2, 0) is 28.3 Å². The zero-order valence-corrected chi connectivity index (χ0v) is 27.8. The van der Waals surface area contributed by atoms with Gasteiger partial charge in [-0.3, -0.25) is 9.89 Å².